The van der Waals surface area contributed by atoms with Crippen molar-refractivity contribution in [3.05, 3.63) is 35.4 Å². The number of benzene rings is 1. The average molecular weight is 215 g/mol. The summed E-state index contributed by atoms with van der Waals surface area (Å²) in [6, 6.07) is 4.09. The number of aliphatic imine (C=N–C) groups is 1. The lowest BCUT2D eigenvalue weighted by atomic mass is 10.1. The number of isocyanates is 1. The van der Waals surface area contributed by atoms with Gasteiger partial charge in [0.15, 0.2) is 0 Å². The molecule has 0 aliphatic carbocycles. The summed E-state index contributed by atoms with van der Waals surface area (Å²) in [5, 5.41) is 0. The summed E-state index contributed by atoms with van der Waals surface area (Å²) in [6.45, 7) is 0. The van der Waals surface area contributed by atoms with Crippen LogP contribution in [0.15, 0.2) is 29.3 Å². The molecule has 1 aromatic carbocycles. The van der Waals surface area contributed by atoms with E-state index in [4.69, 9.17) is 0 Å². The topological polar surface area (TPSA) is 46.5 Å². The van der Waals surface area contributed by atoms with E-state index >= 15 is 0 Å². The van der Waals surface area contributed by atoms with Gasteiger partial charge in [-0.2, -0.15) is 13.2 Å². The fraction of sp³-hybridized carbons (Fsp3) is 0.111. The van der Waals surface area contributed by atoms with E-state index in [1.807, 2.05) is 0 Å². The zero-order valence-corrected chi connectivity index (χ0v) is 7.21. The summed E-state index contributed by atoms with van der Waals surface area (Å²) in [5.41, 5.74) is -1.78. The van der Waals surface area contributed by atoms with E-state index in [0.717, 1.165) is 24.3 Å². The smallest absolute Gasteiger partial charge is 0.266 e. The van der Waals surface area contributed by atoms with Crippen LogP contribution in [0.5, 0.6) is 0 Å². The summed E-state index contributed by atoms with van der Waals surface area (Å²) < 4.78 is 37.1. The molecule has 0 spiro atoms. The van der Waals surface area contributed by atoms with Crippen molar-refractivity contribution >= 4 is 12.0 Å². The van der Waals surface area contributed by atoms with E-state index in [1.54, 1.807) is 0 Å². The molecule has 0 aromatic heterocycles. The summed E-state index contributed by atoms with van der Waals surface area (Å²) in [6.07, 6.45) is -3.75. The first-order valence-electron chi connectivity index (χ1n) is 3.75. The Morgan fingerprint density at radius 1 is 1.27 bits per heavy atom. The molecule has 0 heterocycles. The summed E-state index contributed by atoms with van der Waals surface area (Å²) in [7, 11) is 0. The van der Waals surface area contributed by atoms with Crippen molar-refractivity contribution in [2.75, 3.05) is 0 Å². The molecular formula is C9H4F3NO2. The van der Waals surface area contributed by atoms with Crippen LogP contribution in [0.25, 0.3) is 0 Å². The quantitative estimate of drug-likeness (QED) is 0.532. The zero-order chi connectivity index (χ0) is 11.5. The molecular weight excluding hydrogens is 211 g/mol. The lowest BCUT2D eigenvalue weighted by Crippen LogP contribution is -2.11. The second kappa shape index (κ2) is 4.06. The van der Waals surface area contributed by atoms with Crippen molar-refractivity contribution in [2.45, 2.75) is 6.18 Å². The normalized spacial score (nSPS) is 10.6. The van der Waals surface area contributed by atoms with Gasteiger partial charge in [-0.3, -0.25) is 4.79 Å². The van der Waals surface area contributed by atoms with Crippen molar-refractivity contribution in [1.82, 2.24) is 0 Å². The lowest BCUT2D eigenvalue weighted by molar-refractivity contribution is -0.137. The van der Waals surface area contributed by atoms with Gasteiger partial charge in [-0.1, -0.05) is 12.1 Å². The largest absolute Gasteiger partial charge is 0.417 e. The predicted octanol–water partition coefficient (Wildman–Crippen LogP) is 2.18. The van der Waals surface area contributed by atoms with Gasteiger partial charge in [-0.25, -0.2) is 4.79 Å². The Hall–Kier alpha value is -1.94. The molecule has 0 bridgehead atoms. The van der Waals surface area contributed by atoms with Gasteiger partial charge in [0.2, 0.25) is 6.08 Å². The van der Waals surface area contributed by atoms with Crippen LogP contribution in [0.2, 0.25) is 0 Å². The van der Waals surface area contributed by atoms with E-state index in [1.165, 1.54) is 6.07 Å². The third kappa shape index (κ3) is 2.51. The van der Waals surface area contributed by atoms with Gasteiger partial charge in [0.25, 0.3) is 5.91 Å². The highest BCUT2D eigenvalue weighted by Crippen LogP contribution is 2.31. The van der Waals surface area contributed by atoms with Crippen LogP contribution in [0.1, 0.15) is 15.9 Å². The highest BCUT2D eigenvalue weighted by atomic mass is 19.4. The molecule has 0 atom stereocenters. The molecule has 0 saturated carbocycles. The second-order valence-electron chi connectivity index (χ2n) is 2.55. The van der Waals surface area contributed by atoms with Crippen molar-refractivity contribution in [3.8, 4) is 0 Å². The molecule has 0 N–H and O–H groups in total. The van der Waals surface area contributed by atoms with E-state index in [2.05, 4.69) is 4.99 Å². The average Bonchev–Trinajstić information content (AvgIpc) is 2.17. The number of hydrogen-bond donors (Lipinski definition) is 0. The maximum absolute atomic E-state index is 12.4. The highest BCUT2D eigenvalue weighted by molar-refractivity contribution is 5.98. The van der Waals surface area contributed by atoms with Crippen molar-refractivity contribution < 1.29 is 22.8 Å². The number of amides is 1. The number of nitrogens with zero attached hydrogens (tertiary/aromatic N) is 1. The minimum Gasteiger partial charge on any atom is -0.266 e. The minimum absolute atomic E-state index is 0.659. The van der Waals surface area contributed by atoms with Gasteiger partial charge in [0.05, 0.1) is 11.1 Å². The SMILES string of the molecule is O=C=NC(=O)c1ccccc1C(F)(F)F. The van der Waals surface area contributed by atoms with Gasteiger partial charge in [0.1, 0.15) is 0 Å². The molecule has 1 aromatic rings. The second-order valence-corrected chi connectivity index (χ2v) is 2.55. The van der Waals surface area contributed by atoms with Gasteiger partial charge in [-0.15, -0.1) is 4.99 Å². The molecule has 0 saturated heterocycles. The first-order chi connectivity index (χ1) is 6.96. The first-order valence-corrected chi connectivity index (χ1v) is 3.75. The Morgan fingerprint density at radius 2 is 1.87 bits per heavy atom. The maximum atomic E-state index is 12.4. The fourth-order valence-corrected chi connectivity index (χ4v) is 1.02. The number of hydrogen-bond acceptors (Lipinski definition) is 2. The molecule has 6 heteroatoms. The number of alkyl halides is 3. The third-order valence-electron chi connectivity index (χ3n) is 1.61. The molecule has 0 radical (unpaired) electrons. The molecule has 0 fully saturated rings. The molecule has 0 unspecified atom stereocenters. The molecule has 0 aliphatic heterocycles. The Morgan fingerprint density at radius 3 is 2.40 bits per heavy atom. The number of carbonyl (C=O) groups excluding carboxylic acids is 2. The van der Waals surface area contributed by atoms with E-state index in [9.17, 15) is 22.8 Å². The van der Waals surface area contributed by atoms with Gasteiger partial charge >= 0.3 is 6.18 Å². The van der Waals surface area contributed by atoms with Crippen LogP contribution in [0, 0.1) is 0 Å². The third-order valence-corrected chi connectivity index (χ3v) is 1.61. The Balaban J connectivity index is 3.30. The van der Waals surface area contributed by atoms with Crippen LogP contribution >= 0.6 is 0 Å². The zero-order valence-electron chi connectivity index (χ0n) is 7.21. The van der Waals surface area contributed by atoms with Crippen LogP contribution in [-0.2, 0) is 11.0 Å². The highest BCUT2D eigenvalue weighted by Gasteiger charge is 2.34. The number of rotatable bonds is 1. The monoisotopic (exact) mass is 215 g/mol. The number of carbonyl (C=O) groups is 1. The van der Waals surface area contributed by atoms with Crippen molar-refractivity contribution in [1.29, 1.82) is 0 Å². The molecule has 3 nitrogen and oxygen atoms in total. The van der Waals surface area contributed by atoms with Crippen LogP contribution in [0.3, 0.4) is 0 Å². The summed E-state index contributed by atoms with van der Waals surface area (Å²) >= 11 is 0. The Labute approximate surface area is 82.2 Å². The summed E-state index contributed by atoms with van der Waals surface area (Å²) in [5.74, 6) is -1.25. The molecule has 78 valence electrons. The van der Waals surface area contributed by atoms with Crippen LogP contribution in [-0.4, -0.2) is 12.0 Å². The van der Waals surface area contributed by atoms with E-state index < -0.39 is 23.2 Å². The standard InChI is InChI=1S/C9H4F3NO2/c10-9(11,12)7-4-2-1-3-6(7)8(15)13-5-14/h1-4H. The van der Waals surface area contributed by atoms with Crippen molar-refractivity contribution in [2.24, 2.45) is 4.99 Å². The summed E-state index contributed by atoms with van der Waals surface area (Å²) in [4.78, 5) is 23.4. The van der Waals surface area contributed by atoms with Crippen molar-refractivity contribution in [3.63, 3.8) is 0 Å². The van der Waals surface area contributed by atoms with Crippen LogP contribution in [0.4, 0.5) is 13.2 Å². The molecule has 1 rings (SSSR count). The lowest BCUT2D eigenvalue weighted by Gasteiger charge is -2.08. The van der Waals surface area contributed by atoms with E-state index in [-0.39, 0.29) is 0 Å². The molecule has 15 heavy (non-hydrogen) atoms. The fourth-order valence-electron chi connectivity index (χ4n) is 1.02. The Bertz CT molecular complexity index is 433. The maximum Gasteiger partial charge on any atom is 0.417 e. The first kappa shape index (κ1) is 11.1. The minimum atomic E-state index is -4.65. The van der Waals surface area contributed by atoms with Gasteiger partial charge < -0.3 is 0 Å². The van der Waals surface area contributed by atoms with Gasteiger partial charge in [-0.05, 0) is 12.1 Å². The number of halogens is 3. The molecule has 0 aliphatic rings. The van der Waals surface area contributed by atoms with E-state index in [0.29, 0.717) is 0 Å². The van der Waals surface area contributed by atoms with Gasteiger partial charge in [0, 0.05) is 0 Å². The Kier molecular flexibility index (Phi) is 3.01. The predicted molar refractivity (Wildman–Crippen MR) is 43.9 cm³/mol. The molecule has 1 amide bonds. The van der Waals surface area contributed by atoms with Crippen LogP contribution < -0.4 is 0 Å².